The van der Waals surface area contributed by atoms with Crippen molar-refractivity contribution in [1.82, 2.24) is 10.6 Å². The fraction of sp³-hybridized carbons (Fsp3) is 0.842. The van der Waals surface area contributed by atoms with E-state index in [1.807, 2.05) is 26.8 Å². The van der Waals surface area contributed by atoms with Crippen LogP contribution < -0.4 is 10.6 Å². The molecule has 0 aromatic carbocycles. The Balaban J connectivity index is 1.70. The maximum Gasteiger partial charge on any atom is 0.407 e. The lowest BCUT2D eigenvalue weighted by Crippen LogP contribution is -2.50. The maximum absolute atomic E-state index is 11.5. The van der Waals surface area contributed by atoms with E-state index in [2.05, 4.69) is 37.5 Å². The lowest BCUT2D eigenvalue weighted by molar-refractivity contribution is 0.0534. The Hall–Kier alpha value is -1.03. The van der Waals surface area contributed by atoms with Gasteiger partial charge >= 0.3 is 6.09 Å². The van der Waals surface area contributed by atoms with E-state index in [0.29, 0.717) is 23.4 Å². The number of alkyl carbamates (subject to hydrolysis) is 1. The van der Waals surface area contributed by atoms with Crippen LogP contribution in [0.4, 0.5) is 4.79 Å². The molecule has 0 spiro atoms. The van der Waals surface area contributed by atoms with Crippen molar-refractivity contribution in [3.05, 3.63) is 12.2 Å². The number of amides is 1. The predicted molar refractivity (Wildman–Crippen MR) is 94.4 cm³/mol. The second-order valence-corrected chi connectivity index (χ2v) is 9.11. The number of rotatable bonds is 5. The summed E-state index contributed by atoms with van der Waals surface area (Å²) in [6, 6.07) is 0.581. The van der Waals surface area contributed by atoms with Crippen LogP contribution in [-0.2, 0) is 4.74 Å². The molecule has 2 aliphatic carbocycles. The van der Waals surface area contributed by atoms with E-state index in [0.717, 1.165) is 12.5 Å². The van der Waals surface area contributed by atoms with E-state index in [9.17, 15) is 4.79 Å². The molecule has 132 valence electrons. The predicted octanol–water partition coefficient (Wildman–Crippen LogP) is 3.87. The fourth-order valence-electron chi connectivity index (χ4n) is 4.62. The Morgan fingerprint density at radius 3 is 2.43 bits per heavy atom. The second-order valence-electron chi connectivity index (χ2n) is 9.11. The molecule has 1 amide bonds. The van der Waals surface area contributed by atoms with Crippen LogP contribution in [0.2, 0.25) is 0 Å². The van der Waals surface area contributed by atoms with Crippen molar-refractivity contribution < 1.29 is 9.53 Å². The zero-order chi connectivity index (χ0) is 17.3. The lowest BCUT2D eigenvalue weighted by atomic mass is 9.68. The van der Waals surface area contributed by atoms with Gasteiger partial charge in [-0.2, -0.15) is 0 Å². The Morgan fingerprint density at radius 1 is 1.22 bits per heavy atom. The number of hydrogen-bond donors (Lipinski definition) is 2. The van der Waals surface area contributed by atoms with Crippen LogP contribution in [0.5, 0.6) is 0 Å². The van der Waals surface area contributed by atoms with Crippen molar-refractivity contribution in [2.45, 2.75) is 72.4 Å². The third-order valence-electron chi connectivity index (χ3n) is 5.64. The van der Waals surface area contributed by atoms with Gasteiger partial charge in [0, 0.05) is 19.1 Å². The Labute approximate surface area is 141 Å². The van der Waals surface area contributed by atoms with Crippen molar-refractivity contribution in [3.8, 4) is 0 Å². The van der Waals surface area contributed by atoms with Gasteiger partial charge in [-0.25, -0.2) is 4.79 Å². The molecular formula is C19H34N2O2. The van der Waals surface area contributed by atoms with Crippen LogP contribution in [0.25, 0.3) is 0 Å². The van der Waals surface area contributed by atoms with Gasteiger partial charge in [0.1, 0.15) is 5.60 Å². The molecule has 2 rings (SSSR count). The largest absolute Gasteiger partial charge is 0.444 e. The molecule has 23 heavy (non-hydrogen) atoms. The van der Waals surface area contributed by atoms with Gasteiger partial charge in [0.05, 0.1) is 0 Å². The zero-order valence-electron chi connectivity index (χ0n) is 15.7. The molecular weight excluding hydrogens is 288 g/mol. The van der Waals surface area contributed by atoms with Gasteiger partial charge < -0.3 is 15.4 Å². The van der Waals surface area contributed by atoms with Crippen LogP contribution in [0.3, 0.4) is 0 Å². The number of nitrogens with one attached hydrogen (secondary N) is 2. The molecule has 0 aromatic heterocycles. The molecule has 0 aliphatic heterocycles. The summed E-state index contributed by atoms with van der Waals surface area (Å²) in [4.78, 5) is 11.5. The summed E-state index contributed by atoms with van der Waals surface area (Å²) in [5, 5.41) is 6.48. The Morgan fingerprint density at radius 2 is 1.87 bits per heavy atom. The topological polar surface area (TPSA) is 50.4 Å². The first-order chi connectivity index (χ1) is 10.5. The average Bonchev–Trinajstić information content (AvgIpc) is 2.85. The van der Waals surface area contributed by atoms with Crippen LogP contribution in [0.1, 0.15) is 60.8 Å². The first-order valence-electron chi connectivity index (χ1n) is 8.90. The standard InChI is InChI=1S/C19H34N2O2/c1-17(2,3)23-16(22)21-12-8-7-11-20-15-18(4,5)14-9-10-19(15,6)13-14/h7-8,14-15,20H,9-13H2,1-6H3,(H,21,22)/b8-7+/t14-,15?,19+/m0/s1. The Bertz CT molecular complexity index is 460. The van der Waals surface area contributed by atoms with Crippen LogP contribution in [-0.4, -0.2) is 30.8 Å². The monoisotopic (exact) mass is 322 g/mol. The summed E-state index contributed by atoms with van der Waals surface area (Å²) in [6.45, 7) is 14.2. The minimum Gasteiger partial charge on any atom is -0.444 e. The number of ether oxygens (including phenoxy) is 1. The normalized spacial score (nSPS) is 32.4. The highest BCUT2D eigenvalue weighted by molar-refractivity contribution is 5.67. The average molecular weight is 322 g/mol. The van der Waals surface area contributed by atoms with Gasteiger partial charge in [0.25, 0.3) is 0 Å². The minimum atomic E-state index is -0.446. The summed E-state index contributed by atoms with van der Waals surface area (Å²) >= 11 is 0. The van der Waals surface area contributed by atoms with Crippen molar-refractivity contribution in [2.75, 3.05) is 13.1 Å². The number of carbonyl (C=O) groups excluding carboxylic acids is 1. The van der Waals surface area contributed by atoms with E-state index in [-0.39, 0.29) is 6.09 Å². The highest BCUT2D eigenvalue weighted by Crippen LogP contribution is 2.62. The molecule has 0 radical (unpaired) electrons. The number of carbonyl (C=O) groups is 1. The highest BCUT2D eigenvalue weighted by Gasteiger charge is 2.58. The van der Waals surface area contributed by atoms with Crippen LogP contribution in [0.15, 0.2) is 12.2 Å². The molecule has 4 nitrogen and oxygen atoms in total. The van der Waals surface area contributed by atoms with Gasteiger partial charge in [-0.05, 0) is 56.8 Å². The molecule has 0 heterocycles. The third kappa shape index (κ3) is 4.28. The molecule has 0 saturated heterocycles. The smallest absolute Gasteiger partial charge is 0.407 e. The van der Waals surface area contributed by atoms with Crippen molar-refractivity contribution in [1.29, 1.82) is 0 Å². The zero-order valence-corrected chi connectivity index (χ0v) is 15.7. The minimum absolute atomic E-state index is 0.364. The molecule has 1 unspecified atom stereocenters. The van der Waals surface area contributed by atoms with Crippen molar-refractivity contribution in [2.24, 2.45) is 16.7 Å². The second kappa shape index (κ2) is 6.46. The lowest BCUT2D eigenvalue weighted by Gasteiger charge is -2.43. The van der Waals surface area contributed by atoms with Gasteiger partial charge in [-0.15, -0.1) is 0 Å². The Kier molecular flexibility index (Phi) is 5.15. The van der Waals surface area contributed by atoms with E-state index in [4.69, 9.17) is 4.74 Å². The summed E-state index contributed by atoms with van der Waals surface area (Å²) < 4.78 is 5.20. The van der Waals surface area contributed by atoms with Crippen molar-refractivity contribution >= 4 is 6.09 Å². The number of fused-ring (bicyclic) bond motifs is 2. The molecule has 2 saturated carbocycles. The summed E-state index contributed by atoms with van der Waals surface area (Å²) in [5.41, 5.74) is 0.393. The molecule has 2 bridgehead atoms. The quantitative estimate of drug-likeness (QED) is 0.755. The van der Waals surface area contributed by atoms with Crippen LogP contribution >= 0.6 is 0 Å². The van der Waals surface area contributed by atoms with E-state index < -0.39 is 5.60 Å². The SMILES string of the molecule is CC(C)(C)OC(=O)NC/C=C/CNC1C(C)(C)[C@H]2CC[C@]1(C)C2. The molecule has 2 N–H and O–H groups in total. The molecule has 2 aliphatic rings. The summed E-state index contributed by atoms with van der Waals surface area (Å²) in [6.07, 6.45) is 7.82. The van der Waals surface area contributed by atoms with Gasteiger partial charge in [0.2, 0.25) is 0 Å². The molecule has 3 atom stereocenters. The molecule has 0 aromatic rings. The van der Waals surface area contributed by atoms with Gasteiger partial charge in [-0.3, -0.25) is 0 Å². The first kappa shape index (κ1) is 18.3. The third-order valence-corrected chi connectivity index (χ3v) is 5.64. The van der Waals surface area contributed by atoms with E-state index in [1.165, 1.54) is 19.3 Å². The van der Waals surface area contributed by atoms with Crippen molar-refractivity contribution in [3.63, 3.8) is 0 Å². The number of hydrogen-bond acceptors (Lipinski definition) is 3. The maximum atomic E-state index is 11.5. The highest BCUT2D eigenvalue weighted by atomic mass is 16.6. The fourth-order valence-corrected chi connectivity index (χ4v) is 4.62. The first-order valence-corrected chi connectivity index (χ1v) is 8.90. The van der Waals surface area contributed by atoms with E-state index >= 15 is 0 Å². The summed E-state index contributed by atoms with van der Waals surface area (Å²) in [7, 11) is 0. The van der Waals surface area contributed by atoms with Crippen LogP contribution in [0, 0.1) is 16.7 Å². The molecule has 2 fully saturated rings. The summed E-state index contributed by atoms with van der Waals surface area (Å²) in [5.74, 6) is 0.864. The van der Waals surface area contributed by atoms with Gasteiger partial charge in [-0.1, -0.05) is 32.9 Å². The van der Waals surface area contributed by atoms with E-state index in [1.54, 1.807) is 0 Å². The van der Waals surface area contributed by atoms with Gasteiger partial charge in [0.15, 0.2) is 0 Å². The molecule has 4 heteroatoms.